The van der Waals surface area contributed by atoms with E-state index in [4.69, 9.17) is 0 Å². The highest BCUT2D eigenvalue weighted by Crippen LogP contribution is 2.24. The van der Waals surface area contributed by atoms with Crippen LogP contribution in [-0.2, 0) is 4.79 Å². The van der Waals surface area contributed by atoms with E-state index in [-0.39, 0.29) is 12.2 Å². The lowest BCUT2D eigenvalue weighted by atomic mass is 10.1. The van der Waals surface area contributed by atoms with Crippen molar-refractivity contribution in [3.63, 3.8) is 0 Å². The van der Waals surface area contributed by atoms with Crippen LogP contribution < -0.4 is 0 Å². The predicted octanol–water partition coefficient (Wildman–Crippen LogP) is 3.11. The average molecular weight is 273 g/mol. The van der Waals surface area contributed by atoms with Gasteiger partial charge in [0.1, 0.15) is 0 Å². The van der Waals surface area contributed by atoms with Gasteiger partial charge in [-0.25, -0.2) is 0 Å². The van der Waals surface area contributed by atoms with Crippen molar-refractivity contribution >= 4 is 21.7 Å². The summed E-state index contributed by atoms with van der Waals surface area (Å²) in [5.74, 6) is 0.0725. The second kappa shape index (κ2) is 6.23. The van der Waals surface area contributed by atoms with Crippen LogP contribution in [0.5, 0.6) is 0 Å². The molecule has 0 aliphatic heterocycles. The summed E-state index contributed by atoms with van der Waals surface area (Å²) in [6.45, 7) is 2.15. The minimum Gasteiger partial charge on any atom is -0.389 e. The van der Waals surface area contributed by atoms with Crippen LogP contribution in [0.2, 0.25) is 0 Å². The predicted molar refractivity (Wildman–Crippen MR) is 64.9 cm³/mol. The number of Topliss-reactive ketones (excluding diaryl/α,β-unsaturated/α-hetero) is 1. The van der Waals surface area contributed by atoms with E-state index in [9.17, 15) is 9.90 Å². The van der Waals surface area contributed by atoms with Crippen molar-refractivity contribution in [2.75, 3.05) is 0 Å². The molecule has 1 aliphatic carbocycles. The first kappa shape index (κ1) is 12.7. The summed E-state index contributed by atoms with van der Waals surface area (Å²) >= 11 is 3.45. The van der Waals surface area contributed by atoms with E-state index in [0.29, 0.717) is 6.42 Å². The summed E-state index contributed by atoms with van der Waals surface area (Å²) in [6.07, 6.45) is 7.48. The Labute approximate surface area is 99.2 Å². The largest absolute Gasteiger partial charge is 0.389 e. The number of ketones is 1. The molecule has 0 bridgehead atoms. The second-order valence-electron chi connectivity index (χ2n) is 3.86. The summed E-state index contributed by atoms with van der Waals surface area (Å²) in [6, 6.07) is 0. The number of hydrogen-bond donors (Lipinski definition) is 1. The minimum absolute atomic E-state index is 0.0725. The third-order valence-electron chi connectivity index (χ3n) is 2.43. The van der Waals surface area contributed by atoms with Gasteiger partial charge < -0.3 is 5.11 Å². The molecule has 2 nitrogen and oxygen atoms in total. The van der Waals surface area contributed by atoms with Crippen LogP contribution in [0.1, 0.15) is 39.0 Å². The highest BCUT2D eigenvalue weighted by Gasteiger charge is 2.21. The molecular weight excluding hydrogens is 256 g/mol. The highest BCUT2D eigenvalue weighted by molar-refractivity contribution is 9.11. The molecule has 0 heterocycles. The van der Waals surface area contributed by atoms with Crippen molar-refractivity contribution in [3.8, 4) is 0 Å². The molecular formula is C12H17BrO2. The van der Waals surface area contributed by atoms with E-state index >= 15 is 0 Å². The Morgan fingerprint density at radius 2 is 2.47 bits per heavy atom. The molecule has 84 valence electrons. The third kappa shape index (κ3) is 4.31. The number of halogens is 1. The van der Waals surface area contributed by atoms with Gasteiger partial charge >= 0.3 is 0 Å². The van der Waals surface area contributed by atoms with E-state index in [1.807, 2.05) is 0 Å². The molecule has 0 aromatic rings. The van der Waals surface area contributed by atoms with E-state index in [0.717, 1.165) is 16.5 Å². The Hall–Kier alpha value is -0.410. The minimum atomic E-state index is -0.566. The van der Waals surface area contributed by atoms with Gasteiger partial charge in [0.05, 0.1) is 6.10 Å². The van der Waals surface area contributed by atoms with Crippen LogP contribution >= 0.6 is 15.9 Å². The molecule has 0 fully saturated rings. The van der Waals surface area contributed by atoms with Crippen molar-refractivity contribution in [1.82, 2.24) is 0 Å². The Balaban J connectivity index is 2.44. The SMILES string of the molecule is CCCC/C=C(\Br)CC1=C[C@H](O)CC1=O. The maximum atomic E-state index is 11.4. The summed E-state index contributed by atoms with van der Waals surface area (Å²) < 4.78 is 1.05. The second-order valence-corrected chi connectivity index (χ2v) is 4.88. The van der Waals surface area contributed by atoms with Crippen molar-refractivity contribution in [3.05, 3.63) is 22.2 Å². The Morgan fingerprint density at radius 1 is 1.73 bits per heavy atom. The van der Waals surface area contributed by atoms with Gasteiger partial charge in [0.25, 0.3) is 0 Å². The quantitative estimate of drug-likeness (QED) is 0.781. The third-order valence-corrected chi connectivity index (χ3v) is 3.03. The number of allylic oxidation sites excluding steroid dienone is 3. The molecule has 0 aromatic carbocycles. The van der Waals surface area contributed by atoms with Gasteiger partial charge in [0.2, 0.25) is 0 Å². The van der Waals surface area contributed by atoms with Gasteiger partial charge in [0, 0.05) is 12.8 Å². The van der Waals surface area contributed by atoms with Crippen molar-refractivity contribution < 1.29 is 9.90 Å². The number of rotatable bonds is 5. The molecule has 0 spiro atoms. The lowest BCUT2D eigenvalue weighted by Crippen LogP contribution is -2.01. The smallest absolute Gasteiger partial charge is 0.161 e. The fourth-order valence-corrected chi connectivity index (χ4v) is 2.11. The van der Waals surface area contributed by atoms with E-state index in [2.05, 4.69) is 28.9 Å². The fourth-order valence-electron chi connectivity index (χ4n) is 1.58. The number of carbonyl (C=O) groups is 1. The maximum absolute atomic E-state index is 11.4. The first-order valence-electron chi connectivity index (χ1n) is 5.40. The van der Waals surface area contributed by atoms with Gasteiger partial charge in [-0.15, -0.1) is 0 Å². The van der Waals surface area contributed by atoms with Crippen molar-refractivity contribution in [2.24, 2.45) is 0 Å². The summed E-state index contributed by atoms with van der Waals surface area (Å²) in [7, 11) is 0. The zero-order valence-corrected chi connectivity index (χ0v) is 10.6. The summed E-state index contributed by atoms with van der Waals surface area (Å²) in [5.41, 5.74) is 0.738. The summed E-state index contributed by atoms with van der Waals surface area (Å²) in [5, 5.41) is 9.27. The van der Waals surface area contributed by atoms with Crippen LogP contribution in [0.25, 0.3) is 0 Å². The van der Waals surface area contributed by atoms with Crippen LogP contribution in [0, 0.1) is 0 Å². The molecule has 0 saturated carbocycles. The zero-order valence-electron chi connectivity index (χ0n) is 9.00. The molecule has 0 unspecified atom stereocenters. The Morgan fingerprint density at radius 3 is 3.00 bits per heavy atom. The molecule has 1 aliphatic rings. The molecule has 15 heavy (non-hydrogen) atoms. The molecule has 0 radical (unpaired) electrons. The molecule has 0 saturated heterocycles. The molecule has 1 atom stereocenters. The maximum Gasteiger partial charge on any atom is 0.161 e. The van der Waals surface area contributed by atoms with Gasteiger partial charge in [0.15, 0.2) is 5.78 Å². The standard InChI is InChI=1S/C12H17BrO2/c1-2-3-4-5-10(13)6-9-7-11(14)8-12(9)15/h5,7,11,14H,2-4,6,8H2,1H3/b10-5-/t11-/m0/s1. The van der Waals surface area contributed by atoms with Crippen LogP contribution in [0.3, 0.4) is 0 Å². The number of hydrogen-bond acceptors (Lipinski definition) is 2. The summed E-state index contributed by atoms with van der Waals surface area (Å²) in [4.78, 5) is 11.4. The van der Waals surface area contributed by atoms with E-state index in [1.165, 1.54) is 12.8 Å². The number of aliphatic hydroxyl groups excluding tert-OH is 1. The highest BCUT2D eigenvalue weighted by atomic mass is 79.9. The van der Waals surface area contributed by atoms with Crippen molar-refractivity contribution in [1.29, 1.82) is 0 Å². The Kier molecular flexibility index (Phi) is 5.26. The first-order chi connectivity index (χ1) is 7.13. The van der Waals surface area contributed by atoms with Gasteiger partial charge in [-0.3, -0.25) is 4.79 Å². The van der Waals surface area contributed by atoms with Gasteiger partial charge in [-0.2, -0.15) is 0 Å². The lowest BCUT2D eigenvalue weighted by molar-refractivity contribution is -0.115. The fraction of sp³-hybridized carbons (Fsp3) is 0.583. The normalized spacial score (nSPS) is 22.1. The van der Waals surface area contributed by atoms with Crippen LogP contribution in [-0.4, -0.2) is 17.0 Å². The Bertz CT molecular complexity index is 292. The van der Waals surface area contributed by atoms with Crippen LogP contribution in [0.15, 0.2) is 22.2 Å². The first-order valence-corrected chi connectivity index (χ1v) is 6.19. The zero-order chi connectivity index (χ0) is 11.3. The molecule has 0 aromatic heterocycles. The molecule has 1 N–H and O–H groups in total. The number of aliphatic hydroxyl groups is 1. The topological polar surface area (TPSA) is 37.3 Å². The monoisotopic (exact) mass is 272 g/mol. The number of carbonyl (C=O) groups excluding carboxylic acids is 1. The lowest BCUT2D eigenvalue weighted by Gasteiger charge is -1.99. The number of unbranched alkanes of at least 4 members (excludes halogenated alkanes) is 2. The van der Waals surface area contributed by atoms with E-state index in [1.54, 1.807) is 6.08 Å². The molecule has 1 rings (SSSR count). The molecule has 0 amide bonds. The van der Waals surface area contributed by atoms with E-state index < -0.39 is 6.10 Å². The van der Waals surface area contributed by atoms with Crippen LogP contribution in [0.4, 0.5) is 0 Å². The van der Waals surface area contributed by atoms with Gasteiger partial charge in [-0.05, 0) is 22.6 Å². The molecule has 3 heteroatoms. The van der Waals surface area contributed by atoms with Gasteiger partial charge in [-0.1, -0.05) is 41.8 Å². The average Bonchev–Trinajstić information content (AvgIpc) is 2.45. The van der Waals surface area contributed by atoms with Crippen molar-refractivity contribution in [2.45, 2.75) is 45.1 Å².